The molecule has 0 aliphatic carbocycles. The number of halogens is 2. The first-order chi connectivity index (χ1) is 9.56. The van der Waals surface area contributed by atoms with E-state index in [4.69, 9.17) is 17.3 Å². The maximum absolute atomic E-state index is 13.9. The summed E-state index contributed by atoms with van der Waals surface area (Å²) in [4.78, 5) is 16.5. The van der Waals surface area contributed by atoms with Crippen molar-refractivity contribution in [2.45, 2.75) is 6.04 Å². The topological polar surface area (TPSA) is 74.7 Å². The van der Waals surface area contributed by atoms with Crippen LogP contribution in [0.5, 0.6) is 0 Å². The van der Waals surface area contributed by atoms with Crippen LogP contribution in [0.25, 0.3) is 11.0 Å². The number of nitrogens with one attached hydrogen (secondary N) is 2. The van der Waals surface area contributed by atoms with Crippen molar-refractivity contribution < 1.29 is 4.39 Å². The van der Waals surface area contributed by atoms with E-state index in [0.717, 1.165) is 0 Å². The quantitative estimate of drug-likeness (QED) is 0.679. The van der Waals surface area contributed by atoms with E-state index in [1.165, 1.54) is 12.1 Å². The van der Waals surface area contributed by atoms with Crippen molar-refractivity contribution in [3.63, 3.8) is 0 Å². The maximum atomic E-state index is 13.9. The largest absolute Gasteiger partial charge is 0.323 e. The smallest absolute Gasteiger partial charge is 0.320 e. The second-order valence-electron chi connectivity index (χ2n) is 4.50. The van der Waals surface area contributed by atoms with Gasteiger partial charge < -0.3 is 15.7 Å². The first kappa shape index (κ1) is 12.9. The van der Waals surface area contributed by atoms with Gasteiger partial charge in [0.05, 0.1) is 17.1 Å². The summed E-state index contributed by atoms with van der Waals surface area (Å²) in [6.07, 6.45) is 0. The fraction of sp³-hybridized carbons (Fsp3) is 0.0714. The van der Waals surface area contributed by atoms with Gasteiger partial charge in [-0.3, -0.25) is 0 Å². The molecule has 0 saturated heterocycles. The number of rotatable bonds is 2. The molecule has 0 amide bonds. The minimum Gasteiger partial charge on any atom is -0.320 e. The molecular weight excluding hydrogens is 281 g/mol. The standard InChI is InChI=1S/C14H11ClFN3O/c15-8-2-1-3-9(16)12(8)13(17)7-4-5-10-11(6-7)19-14(20)18-10/h1-6,13H,17H2,(H2,18,19,20). The molecule has 3 aromatic rings. The van der Waals surface area contributed by atoms with Gasteiger partial charge in [0.25, 0.3) is 0 Å². The molecule has 1 atom stereocenters. The predicted octanol–water partition coefficient (Wildman–Crippen LogP) is 2.70. The second-order valence-corrected chi connectivity index (χ2v) is 4.90. The third kappa shape index (κ3) is 2.11. The summed E-state index contributed by atoms with van der Waals surface area (Å²) in [5.41, 5.74) is 7.99. The van der Waals surface area contributed by atoms with Crippen LogP contribution in [0.3, 0.4) is 0 Å². The molecule has 0 aliphatic heterocycles. The van der Waals surface area contributed by atoms with Crippen molar-refractivity contribution in [3.05, 3.63) is 68.8 Å². The van der Waals surface area contributed by atoms with Gasteiger partial charge in [0.1, 0.15) is 5.82 Å². The van der Waals surface area contributed by atoms with Crippen LogP contribution in [-0.2, 0) is 0 Å². The first-order valence-electron chi connectivity index (χ1n) is 5.97. The van der Waals surface area contributed by atoms with Gasteiger partial charge in [0.2, 0.25) is 0 Å². The van der Waals surface area contributed by atoms with E-state index in [1.807, 2.05) is 0 Å². The number of hydrogen-bond acceptors (Lipinski definition) is 2. The van der Waals surface area contributed by atoms with E-state index in [2.05, 4.69) is 9.97 Å². The number of hydrogen-bond donors (Lipinski definition) is 3. The summed E-state index contributed by atoms with van der Waals surface area (Å²) in [5.74, 6) is -0.451. The number of nitrogens with two attached hydrogens (primary N) is 1. The van der Waals surface area contributed by atoms with Gasteiger partial charge in [-0.05, 0) is 29.8 Å². The number of benzene rings is 2. The van der Waals surface area contributed by atoms with Crippen LogP contribution in [0.15, 0.2) is 41.2 Å². The molecule has 2 aromatic carbocycles. The molecule has 0 bridgehead atoms. The van der Waals surface area contributed by atoms with Crippen molar-refractivity contribution in [1.82, 2.24) is 9.97 Å². The molecule has 1 heterocycles. The monoisotopic (exact) mass is 291 g/mol. The minimum absolute atomic E-state index is 0.242. The molecule has 0 radical (unpaired) electrons. The minimum atomic E-state index is -0.702. The highest BCUT2D eigenvalue weighted by Crippen LogP contribution is 2.29. The summed E-state index contributed by atoms with van der Waals surface area (Å²) in [6.45, 7) is 0. The van der Waals surface area contributed by atoms with Gasteiger partial charge in [-0.15, -0.1) is 0 Å². The van der Waals surface area contributed by atoms with Crippen LogP contribution >= 0.6 is 11.6 Å². The number of fused-ring (bicyclic) bond motifs is 1. The molecule has 0 fully saturated rings. The van der Waals surface area contributed by atoms with Gasteiger partial charge in [-0.2, -0.15) is 0 Å². The van der Waals surface area contributed by atoms with Crippen LogP contribution in [0.4, 0.5) is 4.39 Å². The van der Waals surface area contributed by atoms with E-state index < -0.39 is 11.9 Å². The zero-order valence-corrected chi connectivity index (χ0v) is 11.0. The Labute approximate surface area is 118 Å². The van der Waals surface area contributed by atoms with Gasteiger partial charge in [-0.25, -0.2) is 9.18 Å². The molecule has 102 valence electrons. The van der Waals surface area contributed by atoms with Gasteiger partial charge in [0, 0.05) is 10.6 Å². The molecule has 0 spiro atoms. The fourth-order valence-electron chi connectivity index (χ4n) is 2.22. The summed E-state index contributed by atoms with van der Waals surface area (Å²) in [7, 11) is 0. The summed E-state index contributed by atoms with van der Waals surface area (Å²) >= 11 is 6.01. The number of H-pyrrole nitrogens is 2. The lowest BCUT2D eigenvalue weighted by Gasteiger charge is -2.15. The van der Waals surface area contributed by atoms with Crippen LogP contribution in [-0.4, -0.2) is 9.97 Å². The Balaban J connectivity index is 2.12. The Morgan fingerprint density at radius 1 is 1.15 bits per heavy atom. The number of imidazole rings is 1. The normalized spacial score (nSPS) is 12.8. The predicted molar refractivity (Wildman–Crippen MR) is 76.4 cm³/mol. The van der Waals surface area contributed by atoms with E-state index in [0.29, 0.717) is 16.6 Å². The van der Waals surface area contributed by atoms with Crippen LogP contribution in [0.1, 0.15) is 17.2 Å². The van der Waals surface area contributed by atoms with Crippen LogP contribution in [0, 0.1) is 5.82 Å². The van der Waals surface area contributed by atoms with Gasteiger partial charge in [-0.1, -0.05) is 23.7 Å². The lowest BCUT2D eigenvalue weighted by molar-refractivity contribution is 0.600. The summed E-state index contributed by atoms with van der Waals surface area (Å²) in [5, 5.41) is 0.278. The van der Waals surface area contributed by atoms with E-state index in [-0.39, 0.29) is 16.3 Å². The molecule has 20 heavy (non-hydrogen) atoms. The molecule has 1 unspecified atom stereocenters. The maximum Gasteiger partial charge on any atom is 0.323 e. The third-order valence-corrected chi connectivity index (χ3v) is 3.54. The highest BCUT2D eigenvalue weighted by Gasteiger charge is 2.17. The van der Waals surface area contributed by atoms with Crippen LogP contribution in [0.2, 0.25) is 5.02 Å². The van der Waals surface area contributed by atoms with E-state index in [1.54, 1.807) is 24.3 Å². The molecule has 6 heteroatoms. The summed E-state index contributed by atoms with van der Waals surface area (Å²) in [6, 6.07) is 8.90. The highest BCUT2D eigenvalue weighted by atomic mass is 35.5. The summed E-state index contributed by atoms with van der Waals surface area (Å²) < 4.78 is 13.9. The SMILES string of the molecule is NC(c1ccc2[nH]c(=O)[nH]c2c1)c1c(F)cccc1Cl. The number of aromatic amines is 2. The van der Waals surface area contributed by atoms with Crippen LogP contribution < -0.4 is 11.4 Å². The highest BCUT2D eigenvalue weighted by molar-refractivity contribution is 6.31. The second kappa shape index (κ2) is 4.77. The zero-order chi connectivity index (χ0) is 14.3. The lowest BCUT2D eigenvalue weighted by atomic mass is 9.98. The van der Waals surface area contributed by atoms with E-state index >= 15 is 0 Å². The third-order valence-electron chi connectivity index (χ3n) is 3.21. The Hall–Kier alpha value is -2.11. The van der Waals surface area contributed by atoms with Crippen molar-refractivity contribution in [2.24, 2.45) is 5.73 Å². The Bertz CT molecular complexity index is 820. The van der Waals surface area contributed by atoms with E-state index in [9.17, 15) is 9.18 Å². The Morgan fingerprint density at radius 3 is 2.65 bits per heavy atom. The molecule has 1 aromatic heterocycles. The fourth-order valence-corrected chi connectivity index (χ4v) is 2.50. The van der Waals surface area contributed by atoms with Crippen molar-refractivity contribution in [2.75, 3.05) is 0 Å². The lowest BCUT2D eigenvalue weighted by Crippen LogP contribution is -2.14. The molecule has 4 nitrogen and oxygen atoms in total. The van der Waals surface area contributed by atoms with Gasteiger partial charge >= 0.3 is 5.69 Å². The first-order valence-corrected chi connectivity index (χ1v) is 6.35. The molecule has 0 aliphatic rings. The number of aromatic nitrogens is 2. The molecule has 3 rings (SSSR count). The van der Waals surface area contributed by atoms with Gasteiger partial charge in [0.15, 0.2) is 0 Å². The Kier molecular flexibility index (Phi) is 3.08. The van der Waals surface area contributed by atoms with Crippen molar-refractivity contribution >= 4 is 22.6 Å². The molecule has 0 saturated carbocycles. The Morgan fingerprint density at radius 2 is 1.90 bits per heavy atom. The average Bonchev–Trinajstić information content (AvgIpc) is 2.77. The van der Waals surface area contributed by atoms with Crippen molar-refractivity contribution in [3.8, 4) is 0 Å². The zero-order valence-electron chi connectivity index (χ0n) is 10.3. The van der Waals surface area contributed by atoms with Crippen molar-refractivity contribution in [1.29, 1.82) is 0 Å². The molecular formula is C14H11ClFN3O. The average molecular weight is 292 g/mol. The molecule has 4 N–H and O–H groups in total.